The van der Waals surface area contributed by atoms with Crippen molar-refractivity contribution in [3.63, 3.8) is 0 Å². The molecule has 0 spiro atoms. The molecule has 0 amide bonds. The van der Waals surface area contributed by atoms with E-state index in [0.717, 1.165) is 62.1 Å². The molecule has 7 heteroatoms. The highest BCUT2D eigenvalue weighted by molar-refractivity contribution is 5.80. The van der Waals surface area contributed by atoms with Gasteiger partial charge >= 0.3 is 0 Å². The van der Waals surface area contributed by atoms with Gasteiger partial charge in [0.05, 0.1) is 12.3 Å². The lowest BCUT2D eigenvalue weighted by molar-refractivity contribution is 0.397. The van der Waals surface area contributed by atoms with Crippen molar-refractivity contribution in [2.75, 3.05) is 13.1 Å². The first-order valence-corrected chi connectivity index (χ1v) is 10.3. The van der Waals surface area contributed by atoms with E-state index in [0.29, 0.717) is 6.54 Å². The Morgan fingerprint density at radius 3 is 2.93 bits per heavy atom. The maximum atomic E-state index is 5.42. The number of aliphatic imine (C=N–C) groups is 1. The van der Waals surface area contributed by atoms with Crippen molar-refractivity contribution in [1.82, 2.24) is 25.4 Å². The van der Waals surface area contributed by atoms with Crippen LogP contribution in [0, 0.1) is 6.92 Å². The van der Waals surface area contributed by atoms with E-state index in [1.54, 1.807) is 6.26 Å². The van der Waals surface area contributed by atoms with Crippen LogP contribution in [0.5, 0.6) is 0 Å². The zero-order chi connectivity index (χ0) is 19.9. The Morgan fingerprint density at radius 2 is 2.10 bits per heavy atom. The van der Waals surface area contributed by atoms with Gasteiger partial charge in [0.25, 0.3) is 0 Å². The molecule has 0 bridgehead atoms. The number of guanidine groups is 1. The van der Waals surface area contributed by atoms with Crippen LogP contribution in [0.1, 0.15) is 41.9 Å². The summed E-state index contributed by atoms with van der Waals surface area (Å²) in [6.07, 6.45) is 5.53. The van der Waals surface area contributed by atoms with Gasteiger partial charge in [0.1, 0.15) is 17.4 Å². The number of benzene rings is 1. The number of nitrogens with one attached hydrogen (secondary N) is 2. The summed E-state index contributed by atoms with van der Waals surface area (Å²) in [5.41, 5.74) is 1.31. The Hall–Kier alpha value is -3.09. The zero-order valence-electron chi connectivity index (χ0n) is 16.8. The molecule has 2 N–H and O–H groups in total. The molecule has 152 valence electrons. The van der Waals surface area contributed by atoms with Gasteiger partial charge in [-0.25, -0.2) is 9.67 Å². The fourth-order valence-corrected chi connectivity index (χ4v) is 3.63. The first kappa shape index (κ1) is 19.2. The van der Waals surface area contributed by atoms with Gasteiger partial charge < -0.3 is 15.1 Å². The summed E-state index contributed by atoms with van der Waals surface area (Å²) < 4.78 is 7.44. The monoisotopic (exact) mass is 392 g/mol. The molecule has 29 heavy (non-hydrogen) atoms. The Balaban J connectivity index is 1.41. The van der Waals surface area contributed by atoms with Gasteiger partial charge in [-0.05, 0) is 43.9 Å². The van der Waals surface area contributed by atoms with Gasteiger partial charge in [0.15, 0.2) is 5.96 Å². The van der Waals surface area contributed by atoms with Crippen molar-refractivity contribution in [2.45, 2.75) is 45.2 Å². The van der Waals surface area contributed by atoms with Crippen LogP contribution >= 0.6 is 0 Å². The third kappa shape index (κ3) is 5.25. The number of hydrogen-bond donors (Lipinski definition) is 2. The summed E-state index contributed by atoms with van der Waals surface area (Å²) in [7, 11) is 0. The molecular formula is C22H28N6O. The van der Waals surface area contributed by atoms with E-state index in [4.69, 9.17) is 9.41 Å². The predicted molar refractivity (Wildman–Crippen MR) is 113 cm³/mol. The fraction of sp³-hybridized carbons (Fsp3) is 0.409. The molecule has 0 radical (unpaired) electrons. The third-order valence-electron chi connectivity index (χ3n) is 5.05. The summed E-state index contributed by atoms with van der Waals surface area (Å²) in [4.78, 5) is 9.41. The van der Waals surface area contributed by atoms with Gasteiger partial charge in [0, 0.05) is 26.1 Å². The van der Waals surface area contributed by atoms with Gasteiger partial charge in [-0.2, -0.15) is 5.10 Å². The zero-order valence-corrected chi connectivity index (χ0v) is 16.8. The Kier molecular flexibility index (Phi) is 6.24. The van der Waals surface area contributed by atoms with E-state index in [9.17, 15) is 0 Å². The molecule has 4 rings (SSSR count). The van der Waals surface area contributed by atoms with E-state index in [2.05, 4.69) is 45.0 Å². The number of rotatable bonds is 7. The minimum Gasteiger partial charge on any atom is -0.469 e. The summed E-state index contributed by atoms with van der Waals surface area (Å²) in [6.45, 7) is 4.35. The minimum absolute atomic E-state index is 0.122. The Labute approximate surface area is 171 Å². The maximum absolute atomic E-state index is 5.42. The number of furan rings is 1. The lowest BCUT2D eigenvalue weighted by Crippen LogP contribution is -2.42. The topological polar surface area (TPSA) is 80.3 Å². The highest BCUT2D eigenvalue weighted by atomic mass is 16.3. The number of hydrogen-bond acceptors (Lipinski definition) is 4. The highest BCUT2D eigenvalue weighted by Crippen LogP contribution is 2.22. The molecule has 0 aliphatic carbocycles. The van der Waals surface area contributed by atoms with Gasteiger partial charge in [-0.3, -0.25) is 4.99 Å². The van der Waals surface area contributed by atoms with Crippen molar-refractivity contribution in [3.8, 4) is 0 Å². The lowest BCUT2D eigenvalue weighted by Gasteiger charge is -2.25. The van der Waals surface area contributed by atoms with Crippen molar-refractivity contribution >= 4 is 5.96 Å². The molecule has 0 saturated carbocycles. The lowest BCUT2D eigenvalue weighted by atomic mass is 10.1. The average Bonchev–Trinajstić information content (AvgIpc) is 3.38. The standard InChI is InChI=1S/C22H28N6O/c1-17-25-21-20(10-5-15-28(21)27-17)26-22(24-14-12-19-9-6-16-29-19)23-13-11-18-7-3-2-4-8-18/h2-4,6-9,16,20H,5,10-15H2,1H3,(H2,23,24,26). The molecule has 0 saturated heterocycles. The van der Waals surface area contributed by atoms with Crippen LogP contribution < -0.4 is 10.6 Å². The van der Waals surface area contributed by atoms with E-state index in [-0.39, 0.29) is 6.04 Å². The Morgan fingerprint density at radius 1 is 1.21 bits per heavy atom. The highest BCUT2D eigenvalue weighted by Gasteiger charge is 2.24. The predicted octanol–water partition coefficient (Wildman–Crippen LogP) is 3.04. The molecule has 1 aliphatic heterocycles. The van der Waals surface area contributed by atoms with Crippen molar-refractivity contribution in [2.24, 2.45) is 4.99 Å². The van der Waals surface area contributed by atoms with Crippen LogP contribution in [-0.2, 0) is 19.4 Å². The van der Waals surface area contributed by atoms with E-state index in [1.807, 2.05) is 29.8 Å². The molecule has 1 unspecified atom stereocenters. The molecule has 3 heterocycles. The van der Waals surface area contributed by atoms with Crippen LogP contribution in [0.3, 0.4) is 0 Å². The van der Waals surface area contributed by atoms with E-state index >= 15 is 0 Å². The summed E-state index contributed by atoms with van der Waals surface area (Å²) in [5, 5.41) is 11.6. The second-order valence-corrected chi connectivity index (χ2v) is 7.30. The fourth-order valence-electron chi connectivity index (χ4n) is 3.63. The van der Waals surface area contributed by atoms with Gasteiger partial charge in [0.2, 0.25) is 0 Å². The van der Waals surface area contributed by atoms with Crippen LogP contribution in [0.15, 0.2) is 58.1 Å². The summed E-state index contributed by atoms with van der Waals surface area (Å²) in [6, 6.07) is 14.5. The molecule has 1 atom stereocenters. The first-order valence-electron chi connectivity index (χ1n) is 10.3. The number of nitrogens with zero attached hydrogens (tertiary/aromatic N) is 4. The van der Waals surface area contributed by atoms with Gasteiger partial charge in [-0.1, -0.05) is 30.3 Å². The molecule has 1 aliphatic rings. The SMILES string of the molecule is Cc1nc2n(n1)CCCC2NC(=NCCc1ccco1)NCCc1ccccc1. The van der Waals surface area contributed by atoms with Crippen LogP contribution in [0.4, 0.5) is 0 Å². The van der Waals surface area contributed by atoms with Crippen LogP contribution in [0.2, 0.25) is 0 Å². The van der Waals surface area contributed by atoms with Crippen LogP contribution in [0.25, 0.3) is 0 Å². The minimum atomic E-state index is 0.122. The first-order chi connectivity index (χ1) is 14.3. The second kappa shape index (κ2) is 9.41. The average molecular weight is 393 g/mol. The normalized spacial score (nSPS) is 16.4. The number of fused-ring (bicyclic) bond motifs is 1. The van der Waals surface area contributed by atoms with Crippen molar-refractivity contribution in [1.29, 1.82) is 0 Å². The van der Waals surface area contributed by atoms with E-state index < -0.39 is 0 Å². The summed E-state index contributed by atoms with van der Waals surface area (Å²) >= 11 is 0. The van der Waals surface area contributed by atoms with Gasteiger partial charge in [-0.15, -0.1) is 0 Å². The number of aryl methyl sites for hydroxylation is 2. The van der Waals surface area contributed by atoms with Crippen LogP contribution in [-0.4, -0.2) is 33.8 Å². The molecule has 3 aromatic rings. The second-order valence-electron chi connectivity index (χ2n) is 7.30. The molecule has 0 fully saturated rings. The summed E-state index contributed by atoms with van der Waals surface area (Å²) in [5.74, 6) is 3.58. The molecular weight excluding hydrogens is 364 g/mol. The number of aromatic nitrogens is 3. The largest absolute Gasteiger partial charge is 0.469 e. The Bertz CT molecular complexity index is 916. The van der Waals surface area contributed by atoms with E-state index in [1.165, 1.54) is 5.56 Å². The smallest absolute Gasteiger partial charge is 0.191 e. The quantitative estimate of drug-likeness (QED) is 0.477. The molecule has 2 aromatic heterocycles. The molecule has 1 aromatic carbocycles. The molecule has 7 nitrogen and oxygen atoms in total. The maximum Gasteiger partial charge on any atom is 0.191 e. The third-order valence-corrected chi connectivity index (χ3v) is 5.05. The van der Waals surface area contributed by atoms with Crippen molar-refractivity contribution < 1.29 is 4.42 Å². The van der Waals surface area contributed by atoms with Crippen molar-refractivity contribution in [3.05, 3.63) is 71.7 Å².